The maximum atomic E-state index is 11.7. The van der Waals surface area contributed by atoms with E-state index < -0.39 is 0 Å². The lowest BCUT2D eigenvalue weighted by molar-refractivity contribution is -0.146. The number of methoxy groups -OCH3 is 1. The van der Waals surface area contributed by atoms with Crippen molar-refractivity contribution in [3.63, 3.8) is 0 Å². The van der Waals surface area contributed by atoms with Crippen LogP contribution in [0.3, 0.4) is 0 Å². The molecule has 0 bridgehead atoms. The number of esters is 1. The van der Waals surface area contributed by atoms with Crippen LogP contribution in [0.5, 0.6) is 0 Å². The van der Waals surface area contributed by atoms with Crippen molar-refractivity contribution in [3.05, 3.63) is 35.9 Å². The fourth-order valence-corrected chi connectivity index (χ4v) is 3.52. The zero-order valence-electron chi connectivity index (χ0n) is 18.3. The standard InChI is InChI=1S/C22H36N4O2.HI/c1-5-23-22(26-15-12-20(13-16-26)21(27)28-4)24-14-11-18(2)25(3)17-19-9-7-6-8-10-19;/h6-10,18,20H,5,11-17H2,1-4H3,(H,23,24);1H. The second kappa shape index (κ2) is 13.8. The van der Waals surface area contributed by atoms with Crippen LogP contribution in [0.1, 0.15) is 38.7 Å². The minimum absolute atomic E-state index is 0. The quantitative estimate of drug-likeness (QED) is 0.249. The second-order valence-electron chi connectivity index (χ2n) is 7.56. The molecule has 1 saturated heterocycles. The molecule has 1 N–H and O–H groups in total. The van der Waals surface area contributed by atoms with Crippen LogP contribution >= 0.6 is 24.0 Å². The molecule has 0 spiro atoms. The van der Waals surface area contributed by atoms with E-state index in [9.17, 15) is 4.79 Å². The molecule has 0 saturated carbocycles. The van der Waals surface area contributed by atoms with Crippen LogP contribution in [0.15, 0.2) is 35.3 Å². The lowest BCUT2D eigenvalue weighted by atomic mass is 9.97. The third-order valence-electron chi connectivity index (χ3n) is 5.50. The largest absolute Gasteiger partial charge is 0.469 e. The highest BCUT2D eigenvalue weighted by Gasteiger charge is 2.26. The zero-order valence-corrected chi connectivity index (χ0v) is 20.6. The molecular weight excluding hydrogens is 479 g/mol. The Hall–Kier alpha value is -1.35. The molecule has 6 nitrogen and oxygen atoms in total. The predicted molar refractivity (Wildman–Crippen MR) is 130 cm³/mol. The lowest BCUT2D eigenvalue weighted by Crippen LogP contribution is -2.46. The second-order valence-corrected chi connectivity index (χ2v) is 7.56. The molecule has 1 aromatic carbocycles. The van der Waals surface area contributed by atoms with Crippen LogP contribution in [0.2, 0.25) is 0 Å². The van der Waals surface area contributed by atoms with E-state index in [2.05, 4.69) is 66.3 Å². The smallest absolute Gasteiger partial charge is 0.308 e. The van der Waals surface area contributed by atoms with Crippen molar-refractivity contribution in [2.24, 2.45) is 10.9 Å². The summed E-state index contributed by atoms with van der Waals surface area (Å²) in [5.41, 5.74) is 1.34. The number of nitrogens with one attached hydrogen (secondary N) is 1. The van der Waals surface area contributed by atoms with Gasteiger partial charge in [-0.15, -0.1) is 24.0 Å². The Morgan fingerprint density at radius 2 is 1.97 bits per heavy atom. The Morgan fingerprint density at radius 1 is 1.31 bits per heavy atom. The molecule has 29 heavy (non-hydrogen) atoms. The number of ether oxygens (including phenoxy) is 1. The molecule has 0 amide bonds. The Bertz CT molecular complexity index is 618. The maximum Gasteiger partial charge on any atom is 0.308 e. The molecule has 164 valence electrons. The normalized spacial score (nSPS) is 16.3. The fraction of sp³-hybridized carbons (Fsp3) is 0.636. The van der Waals surface area contributed by atoms with E-state index in [4.69, 9.17) is 9.73 Å². The van der Waals surface area contributed by atoms with Crippen LogP contribution in [-0.4, -0.2) is 68.1 Å². The number of piperidine rings is 1. The molecule has 0 aliphatic carbocycles. The SMILES string of the molecule is CCNC(=NCCC(C)N(C)Cc1ccccc1)N1CCC(C(=O)OC)CC1.I. The molecule has 7 heteroatoms. The summed E-state index contributed by atoms with van der Waals surface area (Å²) in [5, 5.41) is 3.40. The summed E-state index contributed by atoms with van der Waals surface area (Å²) in [6, 6.07) is 11.0. The molecule has 1 aliphatic rings. The van der Waals surface area contributed by atoms with Gasteiger partial charge in [-0.05, 0) is 45.7 Å². The molecule has 1 heterocycles. The van der Waals surface area contributed by atoms with E-state index in [1.807, 2.05) is 0 Å². The molecule has 1 unspecified atom stereocenters. The summed E-state index contributed by atoms with van der Waals surface area (Å²) in [6.07, 6.45) is 2.66. The van der Waals surface area contributed by atoms with Gasteiger partial charge in [0.05, 0.1) is 13.0 Å². The van der Waals surface area contributed by atoms with Gasteiger partial charge in [-0.3, -0.25) is 14.7 Å². The first-order chi connectivity index (χ1) is 13.5. The van der Waals surface area contributed by atoms with Crippen molar-refractivity contribution in [1.82, 2.24) is 15.1 Å². The van der Waals surface area contributed by atoms with E-state index in [-0.39, 0.29) is 35.9 Å². The average Bonchev–Trinajstić information content (AvgIpc) is 2.73. The van der Waals surface area contributed by atoms with Gasteiger partial charge in [-0.2, -0.15) is 0 Å². The van der Waals surface area contributed by atoms with Gasteiger partial charge in [0.2, 0.25) is 0 Å². The van der Waals surface area contributed by atoms with E-state index in [0.29, 0.717) is 6.04 Å². The van der Waals surface area contributed by atoms with E-state index in [0.717, 1.165) is 57.9 Å². The number of rotatable bonds is 8. The highest BCUT2D eigenvalue weighted by atomic mass is 127. The monoisotopic (exact) mass is 516 g/mol. The van der Waals surface area contributed by atoms with Crippen molar-refractivity contribution < 1.29 is 9.53 Å². The molecular formula is C22H37IN4O2. The minimum atomic E-state index is -0.0862. The molecule has 2 rings (SSSR count). The van der Waals surface area contributed by atoms with Crippen LogP contribution in [-0.2, 0) is 16.1 Å². The summed E-state index contributed by atoms with van der Waals surface area (Å²) in [4.78, 5) is 21.2. The topological polar surface area (TPSA) is 57.2 Å². The number of likely N-dealkylation sites (tertiary alicyclic amines) is 1. The highest BCUT2D eigenvalue weighted by molar-refractivity contribution is 14.0. The van der Waals surface area contributed by atoms with Gasteiger partial charge in [-0.25, -0.2) is 0 Å². The van der Waals surface area contributed by atoms with Crippen LogP contribution in [0, 0.1) is 5.92 Å². The van der Waals surface area contributed by atoms with Crippen molar-refractivity contribution in [2.45, 2.75) is 45.7 Å². The molecule has 1 aliphatic heterocycles. The van der Waals surface area contributed by atoms with Crippen LogP contribution in [0.25, 0.3) is 0 Å². The summed E-state index contributed by atoms with van der Waals surface area (Å²) >= 11 is 0. The maximum absolute atomic E-state index is 11.7. The third kappa shape index (κ3) is 8.50. The van der Waals surface area contributed by atoms with E-state index >= 15 is 0 Å². The molecule has 0 aromatic heterocycles. The van der Waals surface area contributed by atoms with Gasteiger partial charge >= 0.3 is 5.97 Å². The number of carbonyl (C=O) groups is 1. The number of nitrogens with zero attached hydrogens (tertiary/aromatic N) is 3. The van der Waals surface area contributed by atoms with Gasteiger partial charge in [0, 0.05) is 38.8 Å². The van der Waals surface area contributed by atoms with Crippen molar-refractivity contribution in [3.8, 4) is 0 Å². The highest BCUT2D eigenvalue weighted by Crippen LogP contribution is 2.18. The number of benzene rings is 1. The van der Waals surface area contributed by atoms with E-state index in [1.165, 1.54) is 12.7 Å². The van der Waals surface area contributed by atoms with Crippen LogP contribution < -0.4 is 5.32 Å². The summed E-state index contributed by atoms with van der Waals surface area (Å²) in [6.45, 7) is 8.62. The Labute approximate surface area is 193 Å². The first-order valence-electron chi connectivity index (χ1n) is 10.4. The third-order valence-corrected chi connectivity index (χ3v) is 5.50. The number of guanidine groups is 1. The van der Waals surface area contributed by atoms with Crippen molar-refractivity contribution >= 4 is 35.9 Å². The molecule has 0 radical (unpaired) electrons. The fourth-order valence-electron chi connectivity index (χ4n) is 3.52. The molecule has 1 atom stereocenters. The number of aliphatic imine (C=N–C) groups is 1. The first-order valence-corrected chi connectivity index (χ1v) is 10.4. The Balaban J connectivity index is 0.00000420. The van der Waals surface area contributed by atoms with Gasteiger partial charge < -0.3 is 15.0 Å². The molecule has 1 fully saturated rings. The number of hydrogen-bond donors (Lipinski definition) is 1. The van der Waals surface area contributed by atoms with Crippen LogP contribution in [0.4, 0.5) is 0 Å². The summed E-state index contributed by atoms with van der Waals surface area (Å²) < 4.78 is 4.88. The summed E-state index contributed by atoms with van der Waals surface area (Å²) in [5.74, 6) is 0.899. The average molecular weight is 516 g/mol. The Kier molecular flexibility index (Phi) is 12.2. The van der Waals surface area contributed by atoms with Crippen molar-refractivity contribution in [1.29, 1.82) is 0 Å². The van der Waals surface area contributed by atoms with E-state index in [1.54, 1.807) is 0 Å². The first kappa shape index (κ1) is 25.7. The number of halogens is 1. The van der Waals surface area contributed by atoms with Gasteiger partial charge in [0.15, 0.2) is 5.96 Å². The number of hydrogen-bond acceptors (Lipinski definition) is 4. The van der Waals surface area contributed by atoms with Crippen molar-refractivity contribution in [2.75, 3.05) is 40.3 Å². The summed E-state index contributed by atoms with van der Waals surface area (Å²) in [7, 11) is 3.64. The minimum Gasteiger partial charge on any atom is -0.469 e. The Morgan fingerprint density at radius 3 is 2.55 bits per heavy atom. The van der Waals surface area contributed by atoms with Gasteiger partial charge in [-0.1, -0.05) is 30.3 Å². The number of carbonyl (C=O) groups excluding carboxylic acids is 1. The lowest BCUT2D eigenvalue weighted by Gasteiger charge is -2.33. The predicted octanol–water partition coefficient (Wildman–Crippen LogP) is 3.37. The molecule has 1 aromatic rings. The van der Waals surface area contributed by atoms with Gasteiger partial charge in [0.1, 0.15) is 0 Å². The van der Waals surface area contributed by atoms with Gasteiger partial charge in [0.25, 0.3) is 0 Å². The zero-order chi connectivity index (χ0) is 20.4.